The van der Waals surface area contributed by atoms with E-state index in [1.807, 2.05) is 54.6 Å². The topological polar surface area (TPSA) is 51.1 Å². The molecule has 2 aliphatic rings. The van der Waals surface area contributed by atoms with E-state index in [4.69, 9.17) is 0 Å². The van der Waals surface area contributed by atoms with Crippen molar-refractivity contribution in [1.29, 1.82) is 0 Å². The molecule has 1 aromatic heterocycles. The standard InChI is InChI=1S/C26H24N2O2S.ClH/c1-28-24-13-11-21(16-22(24)26-23-12-10-19(27-23)15-25(26)28)31(29,30)20-9-5-8-18(14-20)17-6-3-2-4-7-17;/h2-9,11,13-14,16,19,23,27H,10,12,15H2,1H3;1H. The summed E-state index contributed by atoms with van der Waals surface area (Å²) in [5, 5.41) is 4.77. The van der Waals surface area contributed by atoms with Crippen LogP contribution in [-0.2, 0) is 23.3 Å². The molecule has 6 heteroatoms. The average molecular weight is 465 g/mol. The van der Waals surface area contributed by atoms with Gasteiger partial charge >= 0.3 is 0 Å². The molecule has 3 heterocycles. The fourth-order valence-electron chi connectivity index (χ4n) is 5.36. The molecule has 0 spiro atoms. The summed E-state index contributed by atoms with van der Waals surface area (Å²) >= 11 is 0. The number of fused-ring (bicyclic) bond motifs is 6. The lowest BCUT2D eigenvalue weighted by molar-refractivity contribution is 0.503. The Balaban J connectivity index is 0.00000216. The molecule has 3 aromatic carbocycles. The highest BCUT2D eigenvalue weighted by Gasteiger charge is 2.36. The maximum Gasteiger partial charge on any atom is 0.206 e. The smallest absolute Gasteiger partial charge is 0.206 e. The van der Waals surface area contributed by atoms with Crippen molar-refractivity contribution in [3.63, 3.8) is 0 Å². The molecule has 2 atom stereocenters. The van der Waals surface area contributed by atoms with Crippen LogP contribution in [0.1, 0.15) is 30.1 Å². The number of sulfone groups is 1. The van der Waals surface area contributed by atoms with Crippen molar-refractivity contribution < 1.29 is 8.42 Å². The molecular formula is C26H25ClN2O2S. The molecule has 1 N–H and O–H groups in total. The second-order valence-corrected chi connectivity index (χ2v) is 10.6. The maximum absolute atomic E-state index is 13.6. The number of hydrogen-bond donors (Lipinski definition) is 1. The highest BCUT2D eigenvalue weighted by molar-refractivity contribution is 7.91. The lowest BCUT2D eigenvalue weighted by Crippen LogP contribution is -2.32. The molecule has 164 valence electrons. The molecule has 4 aromatic rings. The van der Waals surface area contributed by atoms with Crippen molar-refractivity contribution in [2.75, 3.05) is 0 Å². The summed E-state index contributed by atoms with van der Waals surface area (Å²) in [5.41, 5.74) is 5.66. The van der Waals surface area contributed by atoms with E-state index in [2.05, 4.69) is 16.9 Å². The molecule has 6 rings (SSSR count). The zero-order chi connectivity index (χ0) is 21.2. The maximum atomic E-state index is 13.6. The number of aryl methyl sites for hydroxylation is 1. The van der Waals surface area contributed by atoms with Crippen LogP contribution in [0.2, 0.25) is 0 Å². The van der Waals surface area contributed by atoms with Crippen LogP contribution in [0.25, 0.3) is 22.0 Å². The number of rotatable bonds is 3. The summed E-state index contributed by atoms with van der Waals surface area (Å²) in [5.74, 6) is 0. The molecule has 0 radical (unpaired) electrons. The molecule has 2 bridgehead atoms. The van der Waals surface area contributed by atoms with Gasteiger partial charge in [-0.25, -0.2) is 8.42 Å². The molecule has 1 fully saturated rings. The summed E-state index contributed by atoms with van der Waals surface area (Å²) < 4.78 is 29.4. The van der Waals surface area contributed by atoms with Crippen LogP contribution < -0.4 is 5.32 Å². The minimum atomic E-state index is -3.62. The quantitative estimate of drug-likeness (QED) is 0.438. The highest BCUT2D eigenvalue weighted by Crippen LogP contribution is 2.42. The van der Waals surface area contributed by atoms with Crippen molar-refractivity contribution in [2.45, 2.75) is 41.1 Å². The first-order valence-electron chi connectivity index (χ1n) is 10.8. The van der Waals surface area contributed by atoms with Gasteiger partial charge in [-0.05, 0) is 59.9 Å². The summed E-state index contributed by atoms with van der Waals surface area (Å²) in [6.07, 6.45) is 3.32. The zero-order valence-corrected chi connectivity index (χ0v) is 19.4. The van der Waals surface area contributed by atoms with E-state index in [1.54, 1.807) is 18.2 Å². The summed E-state index contributed by atoms with van der Waals surface area (Å²) in [6.45, 7) is 0. The molecule has 0 aliphatic carbocycles. The fourth-order valence-corrected chi connectivity index (χ4v) is 6.69. The van der Waals surface area contributed by atoms with E-state index in [0.717, 1.165) is 34.9 Å². The Morgan fingerprint density at radius 2 is 1.62 bits per heavy atom. The van der Waals surface area contributed by atoms with Gasteiger partial charge in [-0.3, -0.25) is 0 Å². The number of halogens is 1. The van der Waals surface area contributed by atoms with Gasteiger partial charge in [0.05, 0.1) is 9.79 Å². The SMILES string of the molecule is Cl.Cn1c2c(c3cc(S(=O)(=O)c4cccc(-c5ccccc5)c4)ccc31)C1CCC(C2)N1. The van der Waals surface area contributed by atoms with Crippen LogP contribution in [0.15, 0.2) is 82.6 Å². The van der Waals surface area contributed by atoms with E-state index < -0.39 is 9.84 Å². The van der Waals surface area contributed by atoms with E-state index in [0.29, 0.717) is 21.9 Å². The van der Waals surface area contributed by atoms with Crippen molar-refractivity contribution in [1.82, 2.24) is 9.88 Å². The molecule has 32 heavy (non-hydrogen) atoms. The van der Waals surface area contributed by atoms with E-state index in [9.17, 15) is 8.42 Å². The van der Waals surface area contributed by atoms with Gasteiger partial charge in [0.25, 0.3) is 0 Å². The second kappa shape index (κ2) is 7.77. The predicted octanol–water partition coefficient (Wildman–Crippen LogP) is 5.45. The minimum Gasteiger partial charge on any atom is -0.347 e. The number of benzene rings is 3. The average Bonchev–Trinajstić information content (AvgIpc) is 3.32. The van der Waals surface area contributed by atoms with Crippen LogP contribution in [0.5, 0.6) is 0 Å². The molecule has 2 unspecified atom stereocenters. The van der Waals surface area contributed by atoms with Gasteiger partial charge in [0, 0.05) is 42.1 Å². The third-order valence-electron chi connectivity index (χ3n) is 6.93. The molecule has 2 aliphatic heterocycles. The van der Waals surface area contributed by atoms with Crippen LogP contribution in [-0.4, -0.2) is 19.0 Å². The third-order valence-corrected chi connectivity index (χ3v) is 8.68. The van der Waals surface area contributed by atoms with Gasteiger partial charge in [-0.2, -0.15) is 0 Å². The molecule has 0 saturated carbocycles. The lowest BCUT2D eigenvalue weighted by atomic mass is 9.99. The predicted molar refractivity (Wildman–Crippen MR) is 130 cm³/mol. The van der Waals surface area contributed by atoms with Crippen molar-refractivity contribution in [3.8, 4) is 11.1 Å². The third kappa shape index (κ3) is 3.19. The van der Waals surface area contributed by atoms with Crippen LogP contribution >= 0.6 is 12.4 Å². The summed E-state index contributed by atoms with van der Waals surface area (Å²) in [7, 11) is -1.52. The van der Waals surface area contributed by atoms with Gasteiger partial charge in [0.15, 0.2) is 0 Å². The Labute approximate surface area is 194 Å². The van der Waals surface area contributed by atoms with Gasteiger partial charge in [0.2, 0.25) is 9.84 Å². The summed E-state index contributed by atoms with van der Waals surface area (Å²) in [6, 6.07) is 23.6. The largest absolute Gasteiger partial charge is 0.347 e. The van der Waals surface area contributed by atoms with E-state index in [-0.39, 0.29) is 12.4 Å². The van der Waals surface area contributed by atoms with Crippen LogP contribution in [0.4, 0.5) is 0 Å². The van der Waals surface area contributed by atoms with Crippen molar-refractivity contribution in [2.24, 2.45) is 7.05 Å². The molecule has 1 saturated heterocycles. The van der Waals surface area contributed by atoms with Gasteiger partial charge in [0.1, 0.15) is 0 Å². The Bertz CT molecular complexity index is 1430. The van der Waals surface area contributed by atoms with Crippen LogP contribution in [0, 0.1) is 0 Å². The second-order valence-electron chi connectivity index (χ2n) is 8.69. The molecule has 0 amide bonds. The van der Waals surface area contributed by atoms with Gasteiger partial charge in [-0.15, -0.1) is 12.4 Å². The molecule has 4 nitrogen and oxygen atoms in total. The summed E-state index contributed by atoms with van der Waals surface area (Å²) in [4.78, 5) is 0.691. The Morgan fingerprint density at radius 1 is 0.875 bits per heavy atom. The van der Waals surface area contributed by atoms with Crippen LogP contribution in [0.3, 0.4) is 0 Å². The number of aromatic nitrogens is 1. The first kappa shape index (κ1) is 21.3. The zero-order valence-electron chi connectivity index (χ0n) is 17.8. The monoisotopic (exact) mass is 464 g/mol. The normalized spacial score (nSPS) is 19.5. The van der Waals surface area contributed by atoms with E-state index in [1.165, 1.54) is 17.7 Å². The first-order valence-corrected chi connectivity index (χ1v) is 12.3. The van der Waals surface area contributed by atoms with Gasteiger partial charge < -0.3 is 9.88 Å². The molecular weight excluding hydrogens is 440 g/mol. The highest BCUT2D eigenvalue weighted by atomic mass is 35.5. The lowest BCUT2D eigenvalue weighted by Gasteiger charge is -2.23. The minimum absolute atomic E-state index is 0. The Hall–Kier alpha value is -2.60. The van der Waals surface area contributed by atoms with Crippen molar-refractivity contribution >= 4 is 33.1 Å². The Kier molecular flexibility index (Phi) is 5.16. The van der Waals surface area contributed by atoms with E-state index >= 15 is 0 Å². The van der Waals surface area contributed by atoms with Gasteiger partial charge in [-0.1, -0.05) is 42.5 Å². The number of nitrogens with zero attached hydrogens (tertiary/aromatic N) is 1. The number of nitrogens with one attached hydrogen (secondary N) is 1. The first-order chi connectivity index (χ1) is 15.0. The fraction of sp³-hybridized carbons (Fsp3) is 0.231. The van der Waals surface area contributed by atoms with Crippen molar-refractivity contribution in [3.05, 3.63) is 84.1 Å². The Morgan fingerprint density at radius 3 is 2.44 bits per heavy atom. The number of hydrogen-bond acceptors (Lipinski definition) is 3.